The summed E-state index contributed by atoms with van der Waals surface area (Å²) in [5.74, 6) is 0.345. The third-order valence-electron chi connectivity index (χ3n) is 1.68. The Hall–Kier alpha value is -0.970. The first-order chi connectivity index (χ1) is 6.50. The van der Waals surface area contributed by atoms with Gasteiger partial charge in [-0.2, -0.15) is 0 Å². The Morgan fingerprint density at radius 3 is 2.71 bits per heavy atom. The van der Waals surface area contributed by atoms with Crippen molar-refractivity contribution in [2.45, 2.75) is 26.3 Å². The normalized spacial score (nSPS) is 13.0. The van der Waals surface area contributed by atoms with E-state index in [1.54, 1.807) is 6.92 Å². The smallest absolute Gasteiger partial charge is 0.258 e. The van der Waals surface area contributed by atoms with Crippen LogP contribution in [0.4, 0.5) is 14.6 Å². The highest BCUT2D eigenvalue weighted by molar-refractivity contribution is 6.28. The molecule has 0 aliphatic rings. The lowest BCUT2D eigenvalue weighted by Crippen LogP contribution is -2.24. The fourth-order valence-electron chi connectivity index (χ4n) is 0.845. The van der Waals surface area contributed by atoms with Crippen molar-refractivity contribution < 1.29 is 8.78 Å². The van der Waals surface area contributed by atoms with Gasteiger partial charge in [0.1, 0.15) is 5.82 Å². The summed E-state index contributed by atoms with van der Waals surface area (Å²) in [7, 11) is 0. The number of rotatable bonds is 3. The van der Waals surface area contributed by atoms with Crippen molar-refractivity contribution in [1.82, 2.24) is 9.97 Å². The molecule has 0 saturated heterocycles. The van der Waals surface area contributed by atoms with Crippen LogP contribution in [0.5, 0.6) is 0 Å². The van der Waals surface area contributed by atoms with E-state index in [2.05, 4.69) is 15.3 Å². The van der Waals surface area contributed by atoms with Crippen molar-refractivity contribution in [1.29, 1.82) is 0 Å². The third-order valence-corrected chi connectivity index (χ3v) is 1.87. The zero-order chi connectivity index (χ0) is 10.7. The van der Waals surface area contributed by atoms with Gasteiger partial charge >= 0.3 is 0 Å². The van der Waals surface area contributed by atoms with Gasteiger partial charge in [-0.05, 0) is 25.4 Å². The van der Waals surface area contributed by atoms with Gasteiger partial charge < -0.3 is 5.32 Å². The molecule has 6 heteroatoms. The van der Waals surface area contributed by atoms with Crippen molar-refractivity contribution in [3.63, 3.8) is 0 Å². The summed E-state index contributed by atoms with van der Waals surface area (Å²) in [6, 6.07) is -0.959. The number of halogens is 3. The predicted octanol–water partition coefficient (Wildman–Crippen LogP) is 2.50. The average molecular weight is 222 g/mol. The van der Waals surface area contributed by atoms with Crippen LogP contribution in [-0.2, 0) is 0 Å². The lowest BCUT2D eigenvalue weighted by atomic mass is 10.3. The van der Waals surface area contributed by atoms with Gasteiger partial charge in [0, 0.05) is 11.8 Å². The SMILES string of the molecule is Cc1cnc(Cl)nc1NC(C)C(F)F. The zero-order valence-electron chi connectivity index (χ0n) is 7.76. The Kier molecular flexibility index (Phi) is 3.57. The molecule has 14 heavy (non-hydrogen) atoms. The molecule has 1 rings (SSSR count). The lowest BCUT2D eigenvalue weighted by Gasteiger charge is -2.14. The molecular weight excluding hydrogens is 212 g/mol. The lowest BCUT2D eigenvalue weighted by molar-refractivity contribution is 0.130. The van der Waals surface area contributed by atoms with Crippen LogP contribution in [0.15, 0.2) is 6.20 Å². The van der Waals surface area contributed by atoms with Crippen LogP contribution in [0.2, 0.25) is 5.28 Å². The van der Waals surface area contributed by atoms with Crippen LogP contribution < -0.4 is 5.32 Å². The molecule has 1 atom stereocenters. The molecule has 0 spiro atoms. The van der Waals surface area contributed by atoms with Crippen LogP contribution >= 0.6 is 11.6 Å². The van der Waals surface area contributed by atoms with Crippen molar-refractivity contribution in [3.8, 4) is 0 Å². The monoisotopic (exact) mass is 221 g/mol. The van der Waals surface area contributed by atoms with Gasteiger partial charge in [0.25, 0.3) is 6.43 Å². The van der Waals surface area contributed by atoms with E-state index in [1.807, 2.05) is 0 Å². The van der Waals surface area contributed by atoms with Crippen LogP contribution in [0.25, 0.3) is 0 Å². The number of aryl methyl sites for hydroxylation is 1. The number of hydrogen-bond acceptors (Lipinski definition) is 3. The first-order valence-electron chi connectivity index (χ1n) is 4.04. The minimum Gasteiger partial charge on any atom is -0.362 e. The summed E-state index contributed by atoms with van der Waals surface area (Å²) >= 11 is 5.53. The van der Waals surface area contributed by atoms with Crippen molar-refractivity contribution >= 4 is 17.4 Å². The molecule has 78 valence electrons. The Balaban J connectivity index is 2.80. The van der Waals surface area contributed by atoms with Gasteiger partial charge in [0.05, 0.1) is 6.04 Å². The quantitative estimate of drug-likeness (QED) is 0.797. The van der Waals surface area contributed by atoms with Gasteiger partial charge in [0.15, 0.2) is 0 Å². The zero-order valence-corrected chi connectivity index (χ0v) is 8.52. The van der Waals surface area contributed by atoms with Crippen LogP contribution in [0, 0.1) is 6.92 Å². The van der Waals surface area contributed by atoms with E-state index in [4.69, 9.17) is 11.6 Å². The molecule has 1 aromatic heterocycles. The predicted molar refractivity (Wildman–Crippen MR) is 50.9 cm³/mol. The highest BCUT2D eigenvalue weighted by atomic mass is 35.5. The first-order valence-corrected chi connectivity index (χ1v) is 4.42. The second kappa shape index (κ2) is 4.50. The van der Waals surface area contributed by atoms with Crippen molar-refractivity contribution in [2.24, 2.45) is 0 Å². The maximum atomic E-state index is 12.2. The second-order valence-electron chi connectivity index (χ2n) is 2.94. The summed E-state index contributed by atoms with van der Waals surface area (Å²) in [6.07, 6.45) is -0.960. The molecule has 3 nitrogen and oxygen atoms in total. The summed E-state index contributed by atoms with van der Waals surface area (Å²) < 4.78 is 24.4. The highest BCUT2D eigenvalue weighted by Gasteiger charge is 2.15. The summed E-state index contributed by atoms with van der Waals surface area (Å²) in [6.45, 7) is 3.09. The molecule has 0 aliphatic carbocycles. The maximum absolute atomic E-state index is 12.2. The molecule has 1 aromatic rings. The number of nitrogens with zero attached hydrogens (tertiary/aromatic N) is 2. The Labute approximate surface area is 85.5 Å². The molecule has 1 unspecified atom stereocenters. The first kappa shape index (κ1) is 11.1. The van der Waals surface area contributed by atoms with E-state index in [0.29, 0.717) is 11.4 Å². The van der Waals surface area contributed by atoms with Crippen LogP contribution in [-0.4, -0.2) is 22.4 Å². The molecule has 0 aliphatic heterocycles. The minimum atomic E-state index is -2.44. The van der Waals surface area contributed by atoms with Gasteiger partial charge in [-0.1, -0.05) is 0 Å². The topological polar surface area (TPSA) is 37.8 Å². The van der Waals surface area contributed by atoms with E-state index in [1.165, 1.54) is 13.1 Å². The Morgan fingerprint density at radius 2 is 2.14 bits per heavy atom. The standard InChI is InChI=1S/C8H10ClF2N3/c1-4-3-12-8(9)14-7(4)13-5(2)6(10)11/h3,5-6H,1-2H3,(H,12,13,14). The Bertz CT molecular complexity index is 319. The van der Waals surface area contributed by atoms with E-state index >= 15 is 0 Å². The van der Waals surface area contributed by atoms with E-state index in [0.717, 1.165) is 0 Å². The molecule has 0 bridgehead atoms. The number of aromatic nitrogens is 2. The number of alkyl halides is 2. The second-order valence-corrected chi connectivity index (χ2v) is 3.28. The molecule has 1 heterocycles. The molecular formula is C8H10ClF2N3. The van der Waals surface area contributed by atoms with Gasteiger partial charge in [-0.15, -0.1) is 0 Å². The fraction of sp³-hybridized carbons (Fsp3) is 0.500. The summed E-state index contributed by atoms with van der Waals surface area (Å²) in [4.78, 5) is 7.52. The van der Waals surface area contributed by atoms with Gasteiger partial charge in [-0.25, -0.2) is 18.7 Å². The molecule has 0 radical (unpaired) electrons. The molecule has 0 aromatic carbocycles. The number of hydrogen-bond donors (Lipinski definition) is 1. The third kappa shape index (κ3) is 2.77. The summed E-state index contributed by atoms with van der Waals surface area (Å²) in [5.41, 5.74) is 0.682. The van der Waals surface area contributed by atoms with Gasteiger partial charge in [0.2, 0.25) is 5.28 Å². The van der Waals surface area contributed by atoms with Crippen LogP contribution in [0.1, 0.15) is 12.5 Å². The van der Waals surface area contributed by atoms with Crippen molar-refractivity contribution in [3.05, 3.63) is 17.0 Å². The largest absolute Gasteiger partial charge is 0.362 e. The van der Waals surface area contributed by atoms with Crippen molar-refractivity contribution in [2.75, 3.05) is 5.32 Å². The highest BCUT2D eigenvalue weighted by Crippen LogP contribution is 2.15. The summed E-state index contributed by atoms with van der Waals surface area (Å²) in [5, 5.41) is 2.61. The minimum absolute atomic E-state index is 0.0413. The average Bonchev–Trinajstić information content (AvgIpc) is 2.11. The molecule has 1 N–H and O–H groups in total. The van der Waals surface area contributed by atoms with Crippen LogP contribution in [0.3, 0.4) is 0 Å². The number of nitrogens with one attached hydrogen (secondary N) is 1. The fourth-order valence-corrected chi connectivity index (χ4v) is 0.979. The molecule has 0 fully saturated rings. The molecule has 0 amide bonds. The molecule has 0 saturated carbocycles. The maximum Gasteiger partial charge on any atom is 0.258 e. The van der Waals surface area contributed by atoms with E-state index < -0.39 is 12.5 Å². The van der Waals surface area contributed by atoms with E-state index in [-0.39, 0.29) is 5.28 Å². The Morgan fingerprint density at radius 1 is 1.50 bits per heavy atom. The van der Waals surface area contributed by atoms with E-state index in [9.17, 15) is 8.78 Å². The van der Waals surface area contributed by atoms with Gasteiger partial charge in [-0.3, -0.25) is 0 Å². The number of anilines is 1.